The van der Waals surface area contributed by atoms with Crippen LogP contribution < -0.4 is 14.9 Å². The molecule has 174 valence electrons. The van der Waals surface area contributed by atoms with E-state index < -0.39 is 16.8 Å². The van der Waals surface area contributed by atoms with Gasteiger partial charge in [0.1, 0.15) is 6.61 Å². The molecule has 10 heteroatoms. The number of nitro benzene ring substituents is 1. The maximum absolute atomic E-state index is 12.1. The number of carboxylic acids is 1. The first-order valence-corrected chi connectivity index (χ1v) is 10.0. The molecule has 0 atom stereocenters. The highest BCUT2D eigenvalue weighted by atomic mass is 16.6. The molecule has 0 spiro atoms. The Morgan fingerprint density at radius 2 is 1.88 bits per heavy atom. The SMILES string of the molecule is COc1cc(C=NNC(=O)Cc2ccccc2[N+](=O)[O-])ccc1OCc1cccc(C(=O)O)c1. The Balaban J connectivity index is 1.61. The average molecular weight is 463 g/mol. The zero-order chi connectivity index (χ0) is 24.5. The van der Waals surface area contributed by atoms with Gasteiger partial charge >= 0.3 is 5.97 Å². The molecule has 3 aromatic rings. The standard InChI is InChI=1S/C24H21N3O7/c1-33-22-12-16(9-10-21(22)34-15-17-5-4-7-19(11-17)24(29)30)14-25-26-23(28)13-18-6-2-3-8-20(18)27(31)32/h2-12,14H,13,15H2,1H3,(H,26,28)(H,29,30). The van der Waals surface area contributed by atoms with Crippen LogP contribution in [0, 0.1) is 10.1 Å². The summed E-state index contributed by atoms with van der Waals surface area (Å²) >= 11 is 0. The summed E-state index contributed by atoms with van der Waals surface area (Å²) in [5.74, 6) is -0.649. The average Bonchev–Trinajstić information content (AvgIpc) is 2.83. The number of rotatable bonds is 10. The Kier molecular flexibility index (Phi) is 7.90. The van der Waals surface area contributed by atoms with Gasteiger partial charge in [-0.1, -0.05) is 30.3 Å². The first-order chi connectivity index (χ1) is 16.4. The van der Waals surface area contributed by atoms with Crippen molar-refractivity contribution in [1.29, 1.82) is 0 Å². The van der Waals surface area contributed by atoms with Crippen molar-refractivity contribution in [3.63, 3.8) is 0 Å². The molecule has 3 aromatic carbocycles. The van der Waals surface area contributed by atoms with Crippen molar-refractivity contribution in [3.8, 4) is 11.5 Å². The summed E-state index contributed by atoms with van der Waals surface area (Å²) in [4.78, 5) is 33.7. The van der Waals surface area contributed by atoms with Crippen LogP contribution in [0.25, 0.3) is 0 Å². The molecule has 10 nitrogen and oxygen atoms in total. The molecule has 0 unspecified atom stereocenters. The van der Waals surface area contributed by atoms with E-state index in [0.717, 1.165) is 0 Å². The van der Waals surface area contributed by atoms with Crippen LogP contribution in [0.4, 0.5) is 5.69 Å². The Labute approximate surface area is 194 Å². The Morgan fingerprint density at radius 3 is 2.62 bits per heavy atom. The minimum Gasteiger partial charge on any atom is -0.493 e. The molecule has 0 aliphatic heterocycles. The third kappa shape index (κ3) is 6.39. The van der Waals surface area contributed by atoms with E-state index in [1.807, 2.05) is 0 Å². The van der Waals surface area contributed by atoms with Crippen LogP contribution in [0.15, 0.2) is 71.8 Å². The molecule has 0 aromatic heterocycles. The number of nitrogens with zero attached hydrogens (tertiary/aromatic N) is 2. The third-order valence-electron chi connectivity index (χ3n) is 4.70. The molecule has 34 heavy (non-hydrogen) atoms. The van der Waals surface area contributed by atoms with Gasteiger partial charge in [0.2, 0.25) is 5.91 Å². The first-order valence-electron chi connectivity index (χ1n) is 10.0. The molecule has 0 fully saturated rings. The van der Waals surface area contributed by atoms with Gasteiger partial charge in [0, 0.05) is 11.6 Å². The fourth-order valence-electron chi connectivity index (χ4n) is 3.07. The van der Waals surface area contributed by atoms with Gasteiger partial charge in [0.25, 0.3) is 5.69 Å². The van der Waals surface area contributed by atoms with Crippen molar-refractivity contribution < 1.29 is 29.1 Å². The first kappa shape index (κ1) is 23.9. The Bertz CT molecular complexity index is 1240. The number of ether oxygens (including phenoxy) is 2. The number of nitro groups is 1. The van der Waals surface area contributed by atoms with Gasteiger partial charge in [-0.25, -0.2) is 10.2 Å². The van der Waals surface area contributed by atoms with E-state index in [1.54, 1.807) is 36.4 Å². The maximum Gasteiger partial charge on any atom is 0.335 e. The monoisotopic (exact) mass is 463 g/mol. The lowest BCUT2D eigenvalue weighted by molar-refractivity contribution is -0.385. The molecule has 0 aliphatic carbocycles. The third-order valence-corrected chi connectivity index (χ3v) is 4.70. The van der Waals surface area contributed by atoms with Crippen molar-refractivity contribution in [2.75, 3.05) is 7.11 Å². The van der Waals surface area contributed by atoms with Gasteiger partial charge in [-0.2, -0.15) is 5.10 Å². The number of hydrogen-bond acceptors (Lipinski definition) is 7. The second-order valence-electron chi connectivity index (χ2n) is 7.06. The minimum atomic E-state index is -1.02. The molecule has 0 saturated heterocycles. The molecule has 3 rings (SSSR count). The highest BCUT2D eigenvalue weighted by Gasteiger charge is 2.15. The summed E-state index contributed by atoms with van der Waals surface area (Å²) in [6.07, 6.45) is 1.22. The van der Waals surface area contributed by atoms with Crippen LogP contribution in [-0.4, -0.2) is 35.2 Å². The molecule has 0 saturated carbocycles. The number of carbonyl (C=O) groups excluding carboxylic acids is 1. The number of benzene rings is 3. The molecule has 1 amide bonds. The summed E-state index contributed by atoms with van der Waals surface area (Å²) in [7, 11) is 1.47. The summed E-state index contributed by atoms with van der Waals surface area (Å²) in [5, 5.41) is 24.0. The number of hydrogen-bond donors (Lipinski definition) is 2. The molecule has 0 heterocycles. The maximum atomic E-state index is 12.1. The number of aromatic carboxylic acids is 1. The normalized spacial score (nSPS) is 10.6. The highest BCUT2D eigenvalue weighted by molar-refractivity contribution is 5.87. The number of carboxylic acid groups (broad SMARTS) is 1. The zero-order valence-electron chi connectivity index (χ0n) is 18.1. The number of methoxy groups -OCH3 is 1. The van der Waals surface area contributed by atoms with Crippen LogP contribution >= 0.6 is 0 Å². The zero-order valence-corrected chi connectivity index (χ0v) is 18.1. The van der Waals surface area contributed by atoms with Crippen LogP contribution in [0.1, 0.15) is 27.0 Å². The lowest BCUT2D eigenvalue weighted by atomic mass is 10.1. The van der Waals surface area contributed by atoms with Gasteiger partial charge in [0.05, 0.1) is 30.2 Å². The van der Waals surface area contributed by atoms with Crippen LogP contribution in [0.5, 0.6) is 11.5 Å². The smallest absolute Gasteiger partial charge is 0.335 e. The van der Waals surface area contributed by atoms with E-state index >= 15 is 0 Å². The molecular formula is C24H21N3O7. The Morgan fingerprint density at radius 1 is 1.09 bits per heavy atom. The van der Waals surface area contributed by atoms with Crippen molar-refractivity contribution in [1.82, 2.24) is 5.43 Å². The predicted octanol–water partition coefficient (Wildman–Crippen LogP) is 3.57. The van der Waals surface area contributed by atoms with Gasteiger partial charge in [-0.05, 0) is 41.5 Å². The lowest BCUT2D eigenvalue weighted by Crippen LogP contribution is -2.20. The second-order valence-corrected chi connectivity index (χ2v) is 7.06. The van der Waals surface area contributed by atoms with E-state index in [2.05, 4.69) is 10.5 Å². The molecule has 2 N–H and O–H groups in total. The topological polar surface area (TPSA) is 140 Å². The van der Waals surface area contributed by atoms with Gasteiger partial charge in [-0.3, -0.25) is 14.9 Å². The predicted molar refractivity (Wildman–Crippen MR) is 123 cm³/mol. The lowest BCUT2D eigenvalue weighted by Gasteiger charge is -2.11. The van der Waals surface area contributed by atoms with E-state index in [4.69, 9.17) is 14.6 Å². The second kappa shape index (κ2) is 11.2. The quantitative estimate of drug-likeness (QED) is 0.266. The number of carbonyl (C=O) groups is 2. The van der Waals surface area contributed by atoms with Crippen LogP contribution in [0.2, 0.25) is 0 Å². The molecular weight excluding hydrogens is 442 g/mol. The van der Waals surface area contributed by atoms with Crippen molar-refractivity contribution in [3.05, 3.63) is 99.1 Å². The number of hydrazone groups is 1. The van der Waals surface area contributed by atoms with Gasteiger partial charge in [0.15, 0.2) is 11.5 Å². The van der Waals surface area contributed by atoms with Crippen molar-refractivity contribution >= 4 is 23.8 Å². The van der Waals surface area contributed by atoms with Crippen LogP contribution in [-0.2, 0) is 17.8 Å². The summed E-state index contributed by atoms with van der Waals surface area (Å²) in [6.45, 7) is 0.145. The highest BCUT2D eigenvalue weighted by Crippen LogP contribution is 2.28. The van der Waals surface area contributed by atoms with Crippen molar-refractivity contribution in [2.45, 2.75) is 13.0 Å². The van der Waals surface area contributed by atoms with Gasteiger partial charge in [-0.15, -0.1) is 0 Å². The molecule has 0 aliphatic rings. The molecule has 0 radical (unpaired) electrons. The fourth-order valence-corrected chi connectivity index (χ4v) is 3.07. The largest absolute Gasteiger partial charge is 0.493 e. The van der Waals surface area contributed by atoms with Crippen molar-refractivity contribution in [2.24, 2.45) is 5.10 Å². The van der Waals surface area contributed by atoms with Gasteiger partial charge < -0.3 is 14.6 Å². The summed E-state index contributed by atoms with van der Waals surface area (Å²) in [6, 6.07) is 17.5. The number of amides is 1. The Hall–Kier alpha value is -4.73. The minimum absolute atomic E-state index is 0.128. The van der Waals surface area contributed by atoms with E-state index in [-0.39, 0.29) is 29.8 Å². The van der Waals surface area contributed by atoms with E-state index in [9.17, 15) is 19.7 Å². The summed E-state index contributed by atoms with van der Waals surface area (Å²) in [5.41, 5.74) is 3.98. The van der Waals surface area contributed by atoms with E-state index in [1.165, 1.54) is 43.7 Å². The molecule has 0 bridgehead atoms. The fraction of sp³-hybridized carbons (Fsp3) is 0.125. The van der Waals surface area contributed by atoms with E-state index in [0.29, 0.717) is 22.6 Å². The summed E-state index contributed by atoms with van der Waals surface area (Å²) < 4.78 is 11.1. The number of nitrogens with one attached hydrogen (secondary N) is 1. The van der Waals surface area contributed by atoms with Crippen LogP contribution in [0.3, 0.4) is 0 Å². The number of para-hydroxylation sites is 1.